The number of ketones is 1. The lowest BCUT2D eigenvalue weighted by molar-refractivity contribution is -0.401. The number of carbonyl (C=O) groups is 1. The second-order valence-corrected chi connectivity index (χ2v) is 3.27. The van der Waals surface area contributed by atoms with E-state index in [9.17, 15) is 20.0 Å². The van der Waals surface area contributed by atoms with E-state index in [1.165, 1.54) is 19.1 Å². The molecule has 0 spiro atoms. The van der Waals surface area contributed by atoms with Crippen LogP contribution in [0, 0.1) is 10.1 Å². The first-order valence-corrected chi connectivity index (χ1v) is 4.41. The van der Waals surface area contributed by atoms with Crippen molar-refractivity contribution in [1.29, 1.82) is 0 Å². The molecular formula is C10H7NO5. The number of phenols is 1. The van der Waals surface area contributed by atoms with Crippen LogP contribution in [0.25, 0.3) is 11.0 Å². The van der Waals surface area contributed by atoms with Crippen molar-refractivity contribution in [3.63, 3.8) is 0 Å². The van der Waals surface area contributed by atoms with Gasteiger partial charge in [-0.2, -0.15) is 0 Å². The minimum absolute atomic E-state index is 0.0364. The summed E-state index contributed by atoms with van der Waals surface area (Å²) in [4.78, 5) is 21.1. The van der Waals surface area contributed by atoms with Gasteiger partial charge in [-0.3, -0.25) is 14.9 Å². The molecule has 0 aliphatic rings. The highest BCUT2D eigenvalue weighted by molar-refractivity contribution is 6.08. The Morgan fingerprint density at radius 2 is 2.19 bits per heavy atom. The third-order valence-electron chi connectivity index (χ3n) is 2.20. The van der Waals surface area contributed by atoms with Crippen LogP contribution in [-0.2, 0) is 0 Å². The van der Waals surface area contributed by atoms with E-state index >= 15 is 0 Å². The summed E-state index contributed by atoms with van der Waals surface area (Å²) in [6.07, 6.45) is 0. The molecule has 0 radical (unpaired) electrons. The minimum atomic E-state index is -0.693. The molecule has 6 heteroatoms. The van der Waals surface area contributed by atoms with Crippen LogP contribution in [-0.4, -0.2) is 15.8 Å². The molecule has 82 valence electrons. The lowest BCUT2D eigenvalue weighted by Crippen LogP contribution is -1.92. The lowest BCUT2D eigenvalue weighted by atomic mass is 10.1. The summed E-state index contributed by atoms with van der Waals surface area (Å²) >= 11 is 0. The Kier molecular flexibility index (Phi) is 2.12. The number of nitro groups is 1. The molecule has 0 fully saturated rings. The zero-order valence-corrected chi connectivity index (χ0v) is 8.26. The predicted molar refractivity (Wildman–Crippen MR) is 54.5 cm³/mol. The van der Waals surface area contributed by atoms with Gasteiger partial charge in [0, 0.05) is 5.39 Å². The van der Waals surface area contributed by atoms with Gasteiger partial charge in [0.1, 0.15) is 16.3 Å². The van der Waals surface area contributed by atoms with Gasteiger partial charge in [0.25, 0.3) is 0 Å². The van der Waals surface area contributed by atoms with E-state index in [0.717, 1.165) is 6.07 Å². The zero-order valence-electron chi connectivity index (χ0n) is 8.26. The van der Waals surface area contributed by atoms with E-state index in [4.69, 9.17) is 4.42 Å². The Balaban J connectivity index is 2.82. The van der Waals surface area contributed by atoms with E-state index in [-0.39, 0.29) is 28.1 Å². The fraction of sp³-hybridized carbons (Fsp3) is 0.100. The smallest absolute Gasteiger partial charge is 0.434 e. The highest BCUT2D eigenvalue weighted by Gasteiger charge is 2.19. The lowest BCUT2D eigenvalue weighted by Gasteiger charge is -1.99. The molecule has 1 aromatic heterocycles. The fourth-order valence-electron chi connectivity index (χ4n) is 1.55. The topological polar surface area (TPSA) is 93.6 Å². The van der Waals surface area contributed by atoms with Crippen LogP contribution in [0.15, 0.2) is 22.6 Å². The number of phenolic OH excluding ortho intramolecular Hbond substituents is 1. The first-order chi connectivity index (χ1) is 7.50. The van der Waals surface area contributed by atoms with Crippen molar-refractivity contribution in [2.45, 2.75) is 6.92 Å². The van der Waals surface area contributed by atoms with Gasteiger partial charge < -0.3 is 9.52 Å². The molecular weight excluding hydrogens is 214 g/mol. The van der Waals surface area contributed by atoms with E-state index in [2.05, 4.69) is 0 Å². The maximum atomic E-state index is 11.3. The normalized spacial score (nSPS) is 10.6. The van der Waals surface area contributed by atoms with Crippen LogP contribution in [0.4, 0.5) is 5.88 Å². The first-order valence-electron chi connectivity index (χ1n) is 4.41. The number of hydrogen-bond acceptors (Lipinski definition) is 5. The number of benzene rings is 1. The molecule has 0 unspecified atom stereocenters. The van der Waals surface area contributed by atoms with Crippen molar-refractivity contribution in [1.82, 2.24) is 0 Å². The number of Topliss-reactive ketones (excluding diaryl/α,β-unsaturated/α-hetero) is 1. The van der Waals surface area contributed by atoms with Crippen LogP contribution < -0.4 is 0 Å². The highest BCUT2D eigenvalue weighted by Crippen LogP contribution is 2.32. The molecule has 2 rings (SSSR count). The molecule has 1 heterocycles. The summed E-state index contributed by atoms with van der Waals surface area (Å²) in [6.45, 7) is 1.27. The van der Waals surface area contributed by atoms with Gasteiger partial charge in [0.2, 0.25) is 0 Å². The van der Waals surface area contributed by atoms with Crippen LogP contribution in [0.3, 0.4) is 0 Å². The Labute approximate surface area is 89.2 Å². The molecule has 2 aromatic rings. The van der Waals surface area contributed by atoms with Crippen molar-refractivity contribution < 1.29 is 19.2 Å². The van der Waals surface area contributed by atoms with Crippen LogP contribution in [0.5, 0.6) is 5.75 Å². The summed E-state index contributed by atoms with van der Waals surface area (Å²) in [5.41, 5.74) is 0.240. The first kappa shape index (κ1) is 10.2. The number of rotatable bonds is 2. The average molecular weight is 221 g/mol. The summed E-state index contributed by atoms with van der Waals surface area (Å²) in [7, 11) is 0. The number of carbonyl (C=O) groups excluding carboxylic acids is 1. The molecule has 1 N–H and O–H groups in total. The molecule has 0 amide bonds. The van der Waals surface area contributed by atoms with Crippen molar-refractivity contribution in [3.05, 3.63) is 33.9 Å². The van der Waals surface area contributed by atoms with Crippen LogP contribution >= 0.6 is 0 Å². The molecule has 0 bridgehead atoms. The predicted octanol–water partition coefficient (Wildman–Crippen LogP) is 2.25. The molecule has 0 saturated heterocycles. The van der Waals surface area contributed by atoms with E-state index in [0.29, 0.717) is 0 Å². The van der Waals surface area contributed by atoms with Gasteiger partial charge in [-0.05, 0) is 19.1 Å². The molecule has 0 saturated carbocycles. The van der Waals surface area contributed by atoms with Crippen molar-refractivity contribution in [2.24, 2.45) is 0 Å². The molecule has 1 aromatic carbocycles. The van der Waals surface area contributed by atoms with Gasteiger partial charge in [-0.15, -0.1) is 0 Å². The van der Waals surface area contributed by atoms with Gasteiger partial charge in [-0.25, -0.2) is 0 Å². The molecule has 0 atom stereocenters. The maximum absolute atomic E-state index is 11.3. The Morgan fingerprint density at radius 1 is 1.50 bits per heavy atom. The second-order valence-electron chi connectivity index (χ2n) is 3.27. The molecule has 6 nitrogen and oxygen atoms in total. The molecule has 0 aliphatic heterocycles. The summed E-state index contributed by atoms with van der Waals surface area (Å²) < 4.78 is 4.91. The number of furan rings is 1. The van der Waals surface area contributed by atoms with Crippen molar-refractivity contribution in [2.75, 3.05) is 0 Å². The van der Waals surface area contributed by atoms with Gasteiger partial charge in [0.15, 0.2) is 5.78 Å². The van der Waals surface area contributed by atoms with Gasteiger partial charge in [-0.1, -0.05) is 0 Å². The monoisotopic (exact) mass is 221 g/mol. The summed E-state index contributed by atoms with van der Waals surface area (Å²) in [5.74, 6) is -1.04. The number of aromatic hydroxyl groups is 1. The van der Waals surface area contributed by atoms with E-state index in [1.807, 2.05) is 0 Å². The Hall–Kier alpha value is -2.37. The third kappa shape index (κ3) is 1.40. The minimum Gasteiger partial charge on any atom is -0.507 e. The number of hydrogen-bond donors (Lipinski definition) is 1. The van der Waals surface area contributed by atoms with Crippen LogP contribution in [0.1, 0.15) is 17.3 Å². The summed E-state index contributed by atoms with van der Waals surface area (Å²) in [6, 6.07) is 3.78. The largest absolute Gasteiger partial charge is 0.507 e. The number of nitrogens with zero attached hydrogens (tertiary/aromatic N) is 1. The third-order valence-corrected chi connectivity index (χ3v) is 2.20. The van der Waals surface area contributed by atoms with E-state index < -0.39 is 10.8 Å². The Bertz CT molecular complexity index is 599. The zero-order chi connectivity index (χ0) is 11.9. The summed E-state index contributed by atoms with van der Waals surface area (Å²) in [5, 5.41) is 20.2. The molecule has 16 heavy (non-hydrogen) atoms. The van der Waals surface area contributed by atoms with Gasteiger partial charge >= 0.3 is 5.88 Å². The highest BCUT2D eigenvalue weighted by atomic mass is 16.6. The van der Waals surface area contributed by atoms with Crippen molar-refractivity contribution >= 4 is 22.6 Å². The van der Waals surface area contributed by atoms with Crippen LogP contribution in [0.2, 0.25) is 0 Å². The average Bonchev–Trinajstić information content (AvgIpc) is 2.60. The molecule has 0 aliphatic carbocycles. The van der Waals surface area contributed by atoms with Gasteiger partial charge in [0.05, 0.1) is 11.6 Å². The quantitative estimate of drug-likeness (QED) is 0.476. The second kappa shape index (κ2) is 3.34. The maximum Gasteiger partial charge on any atom is 0.434 e. The van der Waals surface area contributed by atoms with Crippen molar-refractivity contribution in [3.8, 4) is 5.75 Å². The standard InChI is InChI=1S/C10H7NO5/c1-5(12)10-6-4-9(11(14)15)16-8(6)3-2-7(10)13/h2-4,13H,1H3. The SMILES string of the molecule is CC(=O)c1c(O)ccc2oc([N+](=O)[O-])cc12. The number of fused-ring (bicyclic) bond motifs is 1. The Morgan fingerprint density at radius 3 is 2.75 bits per heavy atom. The fourth-order valence-corrected chi connectivity index (χ4v) is 1.55. The van der Waals surface area contributed by atoms with E-state index in [1.54, 1.807) is 0 Å².